The summed E-state index contributed by atoms with van der Waals surface area (Å²) in [7, 11) is 0. The molecule has 0 fully saturated rings. The van der Waals surface area contributed by atoms with Gasteiger partial charge in [-0.15, -0.1) is 0 Å². The average molecular weight is 168 g/mol. The number of nitrogens with zero attached hydrogens (tertiary/aromatic N) is 1. The van der Waals surface area contributed by atoms with Crippen LogP contribution >= 0.6 is 0 Å². The highest BCUT2D eigenvalue weighted by Gasteiger charge is 1.95. The van der Waals surface area contributed by atoms with Gasteiger partial charge in [0.2, 0.25) is 0 Å². The molecule has 5 heteroatoms. The number of hydrogen-bond donors (Lipinski definition) is 4. The van der Waals surface area contributed by atoms with Gasteiger partial charge in [0.15, 0.2) is 6.35 Å². The van der Waals surface area contributed by atoms with Crippen LogP contribution in [0.25, 0.3) is 0 Å². The maximum Gasteiger partial charge on any atom is 0.158 e. The Bertz CT molecular complexity index is 234. The molecule has 6 N–H and O–H groups in total. The van der Waals surface area contributed by atoms with Gasteiger partial charge >= 0.3 is 0 Å². The summed E-state index contributed by atoms with van der Waals surface area (Å²) < 4.78 is 0. The van der Waals surface area contributed by atoms with Gasteiger partial charge in [0, 0.05) is 12.7 Å². The lowest BCUT2D eigenvalue weighted by atomic mass is 10.3. The molecule has 5 nitrogen and oxygen atoms in total. The van der Waals surface area contributed by atoms with Crippen molar-refractivity contribution in [2.75, 3.05) is 5.73 Å². The van der Waals surface area contributed by atoms with Gasteiger partial charge in [-0.2, -0.15) is 0 Å². The third-order valence-corrected chi connectivity index (χ3v) is 1.36. The number of pyridine rings is 1. The first kappa shape index (κ1) is 8.92. The molecule has 1 aromatic heterocycles. The second-order valence-electron chi connectivity index (χ2n) is 2.42. The Morgan fingerprint density at radius 3 is 2.83 bits per heavy atom. The molecule has 1 rings (SSSR count). The molecule has 0 aliphatic heterocycles. The lowest BCUT2D eigenvalue weighted by Gasteiger charge is -2.06. The van der Waals surface area contributed by atoms with Crippen molar-refractivity contribution in [2.24, 2.45) is 5.73 Å². The monoisotopic (exact) mass is 168 g/mol. The molecule has 0 saturated carbocycles. The number of nitrogens with two attached hydrogens (primary N) is 2. The van der Waals surface area contributed by atoms with Crippen molar-refractivity contribution in [1.82, 2.24) is 10.3 Å². The van der Waals surface area contributed by atoms with Gasteiger partial charge in [-0.3, -0.25) is 11.1 Å². The van der Waals surface area contributed by atoms with Crippen molar-refractivity contribution in [2.45, 2.75) is 12.9 Å². The molecule has 0 aliphatic carbocycles. The molecule has 0 aliphatic rings. The third kappa shape index (κ3) is 2.83. The molecule has 0 bridgehead atoms. The topological polar surface area (TPSA) is 97.2 Å². The van der Waals surface area contributed by atoms with Gasteiger partial charge in [-0.1, -0.05) is 6.07 Å². The first-order valence-electron chi connectivity index (χ1n) is 3.56. The van der Waals surface area contributed by atoms with E-state index in [2.05, 4.69) is 10.3 Å². The van der Waals surface area contributed by atoms with E-state index in [0.717, 1.165) is 5.56 Å². The maximum atomic E-state index is 8.69. The van der Waals surface area contributed by atoms with Crippen molar-refractivity contribution in [3.05, 3.63) is 23.9 Å². The minimum absolute atomic E-state index is 0.477. The second kappa shape index (κ2) is 4.01. The van der Waals surface area contributed by atoms with Gasteiger partial charge in [0.05, 0.1) is 0 Å². The first-order chi connectivity index (χ1) is 5.68. The summed E-state index contributed by atoms with van der Waals surface area (Å²) in [6.45, 7) is 0.477. The average Bonchev–Trinajstić information content (AvgIpc) is 2.03. The quantitative estimate of drug-likeness (QED) is 0.433. The van der Waals surface area contributed by atoms with E-state index in [0.29, 0.717) is 12.4 Å². The Balaban J connectivity index is 2.48. The number of aliphatic hydroxyl groups is 1. The number of aromatic nitrogens is 1. The van der Waals surface area contributed by atoms with Crippen LogP contribution in [0.5, 0.6) is 0 Å². The Morgan fingerprint density at radius 1 is 1.58 bits per heavy atom. The predicted molar refractivity (Wildman–Crippen MR) is 45.7 cm³/mol. The van der Waals surface area contributed by atoms with Gasteiger partial charge in [-0.25, -0.2) is 4.98 Å². The van der Waals surface area contributed by atoms with Crippen LogP contribution in [0.2, 0.25) is 0 Å². The van der Waals surface area contributed by atoms with Crippen LogP contribution in [-0.4, -0.2) is 16.4 Å². The molecule has 0 spiro atoms. The fraction of sp³-hybridized carbons (Fsp3) is 0.286. The normalized spacial score (nSPS) is 12.8. The first-order valence-corrected chi connectivity index (χ1v) is 3.56. The van der Waals surface area contributed by atoms with Crippen molar-refractivity contribution in [1.29, 1.82) is 0 Å². The van der Waals surface area contributed by atoms with Gasteiger partial charge in [0.25, 0.3) is 0 Å². The summed E-state index contributed by atoms with van der Waals surface area (Å²) >= 11 is 0. The zero-order valence-electron chi connectivity index (χ0n) is 6.57. The van der Waals surface area contributed by atoms with E-state index >= 15 is 0 Å². The standard InChI is InChI=1S/C7H12N4O/c8-6-2-1-5(3-10-6)4-11-7(9)12/h1-3,7,11-12H,4,9H2,(H2,8,10). The van der Waals surface area contributed by atoms with E-state index in [1.54, 1.807) is 12.3 Å². The number of aliphatic hydroxyl groups excluding tert-OH is 1. The fourth-order valence-corrected chi connectivity index (χ4v) is 0.763. The van der Waals surface area contributed by atoms with E-state index in [9.17, 15) is 0 Å². The number of hydrogen-bond acceptors (Lipinski definition) is 5. The molecule has 1 unspecified atom stereocenters. The molecule has 0 amide bonds. The van der Waals surface area contributed by atoms with E-state index in [1.807, 2.05) is 6.07 Å². The summed E-state index contributed by atoms with van der Waals surface area (Å²) in [5.41, 5.74) is 11.4. The van der Waals surface area contributed by atoms with E-state index in [1.165, 1.54) is 0 Å². The summed E-state index contributed by atoms with van der Waals surface area (Å²) in [6, 6.07) is 3.51. The molecule has 1 aromatic rings. The molecular weight excluding hydrogens is 156 g/mol. The Hall–Kier alpha value is -1.17. The van der Waals surface area contributed by atoms with Gasteiger partial charge < -0.3 is 10.8 Å². The summed E-state index contributed by atoms with van der Waals surface area (Å²) in [5.74, 6) is 0.479. The Labute approximate surface area is 70.4 Å². The lowest BCUT2D eigenvalue weighted by Crippen LogP contribution is -2.36. The lowest BCUT2D eigenvalue weighted by molar-refractivity contribution is 0.142. The number of rotatable bonds is 3. The van der Waals surface area contributed by atoms with Crippen molar-refractivity contribution < 1.29 is 5.11 Å². The molecule has 1 heterocycles. The van der Waals surface area contributed by atoms with Crippen LogP contribution in [-0.2, 0) is 6.54 Å². The summed E-state index contributed by atoms with van der Waals surface area (Å²) in [5, 5.41) is 11.3. The van der Waals surface area contributed by atoms with Crippen LogP contribution in [0.4, 0.5) is 5.82 Å². The molecule has 0 aromatic carbocycles. The molecule has 66 valence electrons. The molecular formula is C7H12N4O. The highest BCUT2D eigenvalue weighted by atomic mass is 16.3. The Kier molecular flexibility index (Phi) is 2.98. The smallest absolute Gasteiger partial charge is 0.158 e. The highest BCUT2D eigenvalue weighted by molar-refractivity contribution is 5.29. The van der Waals surface area contributed by atoms with E-state index in [4.69, 9.17) is 16.6 Å². The maximum absolute atomic E-state index is 8.69. The summed E-state index contributed by atoms with van der Waals surface area (Å²) in [4.78, 5) is 3.87. The van der Waals surface area contributed by atoms with Crippen LogP contribution in [0.1, 0.15) is 5.56 Å². The van der Waals surface area contributed by atoms with Gasteiger partial charge in [0.1, 0.15) is 5.82 Å². The van der Waals surface area contributed by atoms with Crippen LogP contribution in [0.3, 0.4) is 0 Å². The van der Waals surface area contributed by atoms with Crippen molar-refractivity contribution in [3.8, 4) is 0 Å². The number of nitrogen functional groups attached to an aromatic ring is 1. The molecule has 1 atom stereocenters. The fourth-order valence-electron chi connectivity index (χ4n) is 0.763. The van der Waals surface area contributed by atoms with E-state index < -0.39 is 6.35 Å². The van der Waals surface area contributed by atoms with Crippen molar-refractivity contribution >= 4 is 5.82 Å². The minimum Gasteiger partial charge on any atom is -0.384 e. The predicted octanol–water partition coefficient (Wildman–Crippen LogP) is -1.01. The minimum atomic E-state index is -0.998. The highest BCUT2D eigenvalue weighted by Crippen LogP contribution is 1.99. The SMILES string of the molecule is Nc1ccc(CNC(N)O)cn1. The number of anilines is 1. The number of nitrogens with one attached hydrogen (secondary N) is 1. The van der Waals surface area contributed by atoms with Crippen LogP contribution in [0, 0.1) is 0 Å². The van der Waals surface area contributed by atoms with E-state index in [-0.39, 0.29) is 0 Å². The third-order valence-electron chi connectivity index (χ3n) is 1.36. The zero-order chi connectivity index (χ0) is 8.97. The molecule has 12 heavy (non-hydrogen) atoms. The second-order valence-corrected chi connectivity index (χ2v) is 2.42. The molecule has 0 saturated heterocycles. The van der Waals surface area contributed by atoms with Crippen LogP contribution in [0.15, 0.2) is 18.3 Å². The summed E-state index contributed by atoms with van der Waals surface area (Å²) in [6.07, 6.45) is 0.632. The zero-order valence-corrected chi connectivity index (χ0v) is 6.57. The largest absolute Gasteiger partial charge is 0.384 e. The Morgan fingerprint density at radius 2 is 2.33 bits per heavy atom. The molecule has 0 radical (unpaired) electrons. The van der Waals surface area contributed by atoms with Crippen molar-refractivity contribution in [3.63, 3.8) is 0 Å². The van der Waals surface area contributed by atoms with Gasteiger partial charge in [-0.05, 0) is 11.6 Å². The van der Waals surface area contributed by atoms with Crippen LogP contribution < -0.4 is 16.8 Å².